The summed E-state index contributed by atoms with van der Waals surface area (Å²) in [5.41, 5.74) is 2.07. The number of hydrogen-bond donors (Lipinski definition) is 3. The minimum absolute atomic E-state index is 0.0297. The van der Waals surface area contributed by atoms with Crippen LogP contribution in [-0.4, -0.2) is 78.2 Å². The van der Waals surface area contributed by atoms with Crippen molar-refractivity contribution in [2.45, 2.75) is 71.1 Å². The summed E-state index contributed by atoms with van der Waals surface area (Å²) in [5, 5.41) is 8.52. The number of amides is 5. The molecule has 3 N–H and O–H groups in total. The number of fused-ring (bicyclic) bond motifs is 1. The number of likely N-dealkylation sites (tertiary alicyclic amines) is 1. The zero-order valence-corrected chi connectivity index (χ0v) is 25.8. The third-order valence-corrected chi connectivity index (χ3v) is 7.82. The van der Waals surface area contributed by atoms with Gasteiger partial charge in [-0.3, -0.25) is 24.0 Å². The van der Waals surface area contributed by atoms with E-state index in [0.717, 1.165) is 24.1 Å². The second kappa shape index (κ2) is 15.4. The third-order valence-electron chi connectivity index (χ3n) is 7.82. The van der Waals surface area contributed by atoms with Crippen molar-refractivity contribution in [2.24, 2.45) is 5.92 Å². The molecular weight excluding hydrogens is 562 g/mol. The first kappa shape index (κ1) is 32.5. The van der Waals surface area contributed by atoms with Crippen LogP contribution in [0.2, 0.25) is 0 Å². The number of nitrogens with zero attached hydrogens (tertiary/aromatic N) is 2. The molecule has 0 spiro atoms. The van der Waals surface area contributed by atoms with Gasteiger partial charge in [-0.15, -0.1) is 0 Å². The Balaban J connectivity index is 1.50. The first-order chi connectivity index (χ1) is 21.1. The Morgan fingerprint density at radius 1 is 1.00 bits per heavy atom. The summed E-state index contributed by atoms with van der Waals surface area (Å²) in [6, 6.07) is 12.7. The molecule has 2 heterocycles. The molecule has 236 valence electrons. The lowest BCUT2D eigenvalue weighted by Gasteiger charge is -2.26. The smallest absolute Gasteiger partial charge is 0.255 e. The Morgan fingerprint density at radius 2 is 1.77 bits per heavy atom. The second-order valence-electron chi connectivity index (χ2n) is 11.9. The van der Waals surface area contributed by atoms with Crippen LogP contribution in [0, 0.1) is 5.92 Å². The predicted octanol–water partition coefficient (Wildman–Crippen LogP) is 2.39. The zero-order valence-electron chi connectivity index (χ0n) is 25.8. The van der Waals surface area contributed by atoms with Crippen LogP contribution in [0.5, 0.6) is 5.75 Å². The molecular formula is C33H43N5O6. The minimum atomic E-state index is -1.02. The highest BCUT2D eigenvalue weighted by molar-refractivity contribution is 5.99. The normalized spacial score (nSPS) is 20.3. The molecule has 11 nitrogen and oxygen atoms in total. The zero-order chi connectivity index (χ0) is 31.6. The fraction of sp³-hybridized carbons (Fsp3) is 0.485. The topological polar surface area (TPSA) is 137 Å². The van der Waals surface area contributed by atoms with Gasteiger partial charge in [0.15, 0.2) is 0 Å². The Kier molecular flexibility index (Phi) is 11.3. The molecule has 0 unspecified atom stereocenters. The van der Waals surface area contributed by atoms with Gasteiger partial charge in [0.25, 0.3) is 5.91 Å². The van der Waals surface area contributed by atoms with Crippen LogP contribution in [0.3, 0.4) is 0 Å². The van der Waals surface area contributed by atoms with E-state index in [0.29, 0.717) is 25.1 Å². The number of carbonyl (C=O) groups is 5. The maximum absolute atomic E-state index is 13.4. The molecule has 2 atom stereocenters. The molecule has 0 aromatic heterocycles. The maximum atomic E-state index is 13.4. The summed E-state index contributed by atoms with van der Waals surface area (Å²) >= 11 is 0. The molecule has 0 bridgehead atoms. The molecule has 5 amide bonds. The molecule has 0 saturated carbocycles. The number of ether oxygens (including phenoxy) is 1. The monoisotopic (exact) mass is 605 g/mol. The van der Waals surface area contributed by atoms with E-state index in [1.165, 1.54) is 4.90 Å². The predicted molar refractivity (Wildman–Crippen MR) is 164 cm³/mol. The maximum Gasteiger partial charge on any atom is 0.255 e. The van der Waals surface area contributed by atoms with Gasteiger partial charge in [-0.1, -0.05) is 50.2 Å². The lowest BCUT2D eigenvalue weighted by atomic mass is 10.0. The van der Waals surface area contributed by atoms with Crippen molar-refractivity contribution in [3.8, 4) is 5.75 Å². The molecule has 2 aliphatic heterocycles. The number of benzene rings is 2. The summed E-state index contributed by atoms with van der Waals surface area (Å²) in [5.74, 6) is -0.902. The number of para-hydroxylation sites is 1. The van der Waals surface area contributed by atoms with Gasteiger partial charge in [0.05, 0.1) is 12.1 Å². The fourth-order valence-electron chi connectivity index (χ4n) is 5.43. The lowest BCUT2D eigenvalue weighted by molar-refractivity contribution is -0.136. The summed E-state index contributed by atoms with van der Waals surface area (Å²) in [6.07, 6.45) is 1.86. The van der Waals surface area contributed by atoms with E-state index in [1.807, 2.05) is 43.0 Å². The largest absolute Gasteiger partial charge is 0.491 e. The number of likely N-dealkylation sites (N-methyl/N-ethyl adjacent to an activating group) is 1. The molecule has 0 radical (unpaired) electrons. The van der Waals surface area contributed by atoms with Crippen LogP contribution in [0.15, 0.2) is 48.5 Å². The van der Waals surface area contributed by atoms with E-state index in [1.54, 1.807) is 31.3 Å². The number of nitrogens with one attached hydrogen (secondary N) is 3. The first-order valence-corrected chi connectivity index (χ1v) is 15.3. The molecule has 11 heteroatoms. The van der Waals surface area contributed by atoms with Crippen molar-refractivity contribution >= 4 is 29.5 Å². The van der Waals surface area contributed by atoms with Crippen molar-refractivity contribution in [2.75, 3.05) is 26.7 Å². The van der Waals surface area contributed by atoms with Crippen molar-refractivity contribution in [3.05, 3.63) is 65.2 Å². The van der Waals surface area contributed by atoms with Crippen LogP contribution in [-0.2, 0) is 32.3 Å². The molecule has 44 heavy (non-hydrogen) atoms. The van der Waals surface area contributed by atoms with Gasteiger partial charge in [0, 0.05) is 39.5 Å². The quantitative estimate of drug-likeness (QED) is 0.443. The van der Waals surface area contributed by atoms with Gasteiger partial charge in [0.1, 0.15) is 24.4 Å². The van der Waals surface area contributed by atoms with E-state index in [-0.39, 0.29) is 61.7 Å². The van der Waals surface area contributed by atoms with E-state index >= 15 is 0 Å². The molecule has 4 rings (SSSR count). The summed E-state index contributed by atoms with van der Waals surface area (Å²) in [4.78, 5) is 68.4. The van der Waals surface area contributed by atoms with Gasteiger partial charge in [0.2, 0.25) is 23.6 Å². The minimum Gasteiger partial charge on any atom is -0.491 e. The summed E-state index contributed by atoms with van der Waals surface area (Å²) in [7, 11) is 1.66. The highest BCUT2D eigenvalue weighted by atomic mass is 16.5. The Bertz CT molecular complexity index is 1360. The van der Waals surface area contributed by atoms with E-state index in [4.69, 9.17) is 4.74 Å². The third kappa shape index (κ3) is 9.05. The van der Waals surface area contributed by atoms with Gasteiger partial charge in [-0.05, 0) is 48.4 Å². The van der Waals surface area contributed by atoms with Crippen LogP contribution < -0.4 is 20.7 Å². The van der Waals surface area contributed by atoms with E-state index in [2.05, 4.69) is 16.0 Å². The standard InChI is InChI=1S/C33H43N5O6/c1-22(2)18-27-33(43)37(3)16-17-44-28-11-5-4-10-25(28)31(41)36-26(13-14-29(39)35-27)32(42)34-20-23-8-6-9-24(19-23)21-38-15-7-12-30(38)40/h4-6,8-11,19,22,26-27H,7,12-18,20-21H2,1-3H3,(H,34,42)(H,35,39)(H,36,41)/t26-,27+/m0/s1. The average Bonchev–Trinajstić information content (AvgIpc) is 3.40. The van der Waals surface area contributed by atoms with Crippen LogP contribution >= 0.6 is 0 Å². The van der Waals surface area contributed by atoms with Crippen LogP contribution in [0.1, 0.15) is 67.4 Å². The van der Waals surface area contributed by atoms with Crippen LogP contribution in [0.25, 0.3) is 0 Å². The van der Waals surface area contributed by atoms with Crippen molar-refractivity contribution in [1.82, 2.24) is 25.8 Å². The van der Waals surface area contributed by atoms with Crippen molar-refractivity contribution in [3.63, 3.8) is 0 Å². The van der Waals surface area contributed by atoms with Gasteiger partial charge < -0.3 is 30.5 Å². The summed E-state index contributed by atoms with van der Waals surface area (Å²) in [6.45, 7) is 5.83. The molecule has 1 saturated heterocycles. The van der Waals surface area contributed by atoms with E-state index < -0.39 is 23.9 Å². The molecule has 2 aliphatic rings. The highest BCUT2D eigenvalue weighted by Gasteiger charge is 2.28. The summed E-state index contributed by atoms with van der Waals surface area (Å²) < 4.78 is 5.89. The average molecular weight is 606 g/mol. The van der Waals surface area contributed by atoms with Gasteiger partial charge in [-0.25, -0.2) is 0 Å². The van der Waals surface area contributed by atoms with Crippen LogP contribution in [0.4, 0.5) is 0 Å². The Hall–Kier alpha value is -4.41. The van der Waals surface area contributed by atoms with E-state index in [9.17, 15) is 24.0 Å². The number of rotatable bonds is 7. The fourth-order valence-corrected chi connectivity index (χ4v) is 5.43. The second-order valence-corrected chi connectivity index (χ2v) is 11.9. The molecule has 2 aromatic rings. The highest BCUT2D eigenvalue weighted by Crippen LogP contribution is 2.19. The molecule has 2 aromatic carbocycles. The first-order valence-electron chi connectivity index (χ1n) is 15.3. The molecule has 0 aliphatic carbocycles. The van der Waals surface area contributed by atoms with Gasteiger partial charge in [-0.2, -0.15) is 0 Å². The van der Waals surface area contributed by atoms with Gasteiger partial charge >= 0.3 is 0 Å². The molecule has 1 fully saturated rings. The van der Waals surface area contributed by atoms with Crippen molar-refractivity contribution < 1.29 is 28.7 Å². The number of hydrogen-bond acceptors (Lipinski definition) is 6. The lowest BCUT2D eigenvalue weighted by Crippen LogP contribution is -2.49. The Labute approximate surface area is 258 Å². The van der Waals surface area contributed by atoms with Crippen molar-refractivity contribution in [1.29, 1.82) is 0 Å². The number of carbonyl (C=O) groups excluding carboxylic acids is 5. The Morgan fingerprint density at radius 3 is 2.52 bits per heavy atom. The SMILES string of the molecule is CC(C)C[C@H]1NC(=O)CC[C@@H](C(=O)NCc2cccc(CN3CCCC3=O)c2)NC(=O)c2ccccc2OCCN(C)C1=O.